The van der Waals surface area contributed by atoms with E-state index in [1.165, 1.54) is 0 Å². The Labute approximate surface area is 186 Å². The molecule has 0 N–H and O–H groups in total. The lowest BCUT2D eigenvalue weighted by Crippen LogP contribution is -2.36. The Balaban J connectivity index is 1.27. The highest BCUT2D eigenvalue weighted by Gasteiger charge is 2.46. The van der Waals surface area contributed by atoms with Crippen molar-refractivity contribution in [3.05, 3.63) is 78.6 Å². The zero-order valence-electron chi connectivity index (χ0n) is 17.5. The second kappa shape index (κ2) is 8.64. The minimum atomic E-state index is -0.245. The van der Waals surface area contributed by atoms with Gasteiger partial charge >= 0.3 is 0 Å². The molecule has 1 amide bonds. The summed E-state index contributed by atoms with van der Waals surface area (Å²) in [4.78, 5) is 22.8. The van der Waals surface area contributed by atoms with Gasteiger partial charge in [-0.2, -0.15) is 5.26 Å². The third kappa shape index (κ3) is 3.97. The number of nitriles is 1. The number of amides is 1. The number of hydrogen-bond acceptors (Lipinski definition) is 5. The fourth-order valence-electron chi connectivity index (χ4n) is 4.56. The molecule has 1 saturated heterocycles. The summed E-state index contributed by atoms with van der Waals surface area (Å²) >= 11 is 0. The molecule has 158 valence electrons. The molecule has 1 aliphatic heterocycles. The van der Waals surface area contributed by atoms with E-state index in [0.29, 0.717) is 23.1 Å². The second-order valence-corrected chi connectivity index (χ2v) is 8.28. The first-order valence-electron chi connectivity index (χ1n) is 10.7. The van der Waals surface area contributed by atoms with Gasteiger partial charge in [-0.15, -0.1) is 0 Å². The van der Waals surface area contributed by atoms with Crippen molar-refractivity contribution in [3.8, 4) is 28.8 Å². The van der Waals surface area contributed by atoms with Gasteiger partial charge in [-0.3, -0.25) is 9.78 Å². The number of para-hydroxylation sites is 1. The van der Waals surface area contributed by atoms with Gasteiger partial charge in [0, 0.05) is 36.6 Å². The van der Waals surface area contributed by atoms with E-state index in [1.54, 1.807) is 35.6 Å². The van der Waals surface area contributed by atoms with E-state index in [2.05, 4.69) is 16.2 Å². The largest absolute Gasteiger partial charge is 0.455 e. The Hall–Kier alpha value is -3.98. The SMILES string of the molecule is N#CN1CC2CC(/C=N\C(=O)c3ccc(-c4ccncc4Oc4ccccc4)cc3)C2C1. The van der Waals surface area contributed by atoms with E-state index in [-0.39, 0.29) is 11.8 Å². The number of carbonyl (C=O) groups excluding carboxylic acids is 1. The molecular formula is C26H22N4O2. The minimum absolute atomic E-state index is 0.245. The lowest BCUT2D eigenvalue weighted by Gasteiger charge is -2.36. The maximum Gasteiger partial charge on any atom is 0.276 e. The molecule has 0 radical (unpaired) electrons. The van der Waals surface area contributed by atoms with Crippen molar-refractivity contribution in [1.29, 1.82) is 5.26 Å². The summed E-state index contributed by atoms with van der Waals surface area (Å²) in [5.41, 5.74) is 2.38. The van der Waals surface area contributed by atoms with Crippen LogP contribution in [0.5, 0.6) is 11.5 Å². The molecule has 1 aromatic heterocycles. The number of aromatic nitrogens is 1. The van der Waals surface area contributed by atoms with Gasteiger partial charge in [0.1, 0.15) is 5.75 Å². The van der Waals surface area contributed by atoms with Crippen LogP contribution in [-0.4, -0.2) is 35.1 Å². The van der Waals surface area contributed by atoms with Crippen molar-refractivity contribution in [1.82, 2.24) is 9.88 Å². The van der Waals surface area contributed by atoms with Crippen molar-refractivity contribution < 1.29 is 9.53 Å². The van der Waals surface area contributed by atoms with E-state index in [1.807, 2.05) is 48.5 Å². The number of rotatable bonds is 5. The first kappa shape index (κ1) is 20.0. The van der Waals surface area contributed by atoms with Crippen LogP contribution in [0.4, 0.5) is 0 Å². The Morgan fingerprint density at radius 2 is 1.94 bits per heavy atom. The van der Waals surface area contributed by atoms with E-state index in [4.69, 9.17) is 10.00 Å². The molecule has 3 unspecified atom stereocenters. The number of hydrogen-bond donors (Lipinski definition) is 0. The number of pyridine rings is 1. The fraction of sp³-hybridized carbons (Fsp3) is 0.231. The van der Waals surface area contributed by atoms with Crippen LogP contribution in [0.1, 0.15) is 16.8 Å². The molecular weight excluding hydrogens is 400 g/mol. The highest BCUT2D eigenvalue weighted by atomic mass is 16.5. The number of aliphatic imine (C=N–C) groups is 1. The number of carbonyl (C=O) groups is 1. The molecule has 1 aliphatic carbocycles. The zero-order valence-corrected chi connectivity index (χ0v) is 17.5. The number of ether oxygens (including phenoxy) is 1. The molecule has 2 fully saturated rings. The summed E-state index contributed by atoms with van der Waals surface area (Å²) in [7, 11) is 0. The predicted molar refractivity (Wildman–Crippen MR) is 121 cm³/mol. The molecule has 6 nitrogen and oxygen atoms in total. The topological polar surface area (TPSA) is 78.6 Å². The fourth-order valence-corrected chi connectivity index (χ4v) is 4.56. The molecule has 2 aliphatic rings. The van der Waals surface area contributed by atoms with Crippen LogP contribution in [-0.2, 0) is 0 Å². The van der Waals surface area contributed by atoms with Gasteiger partial charge in [-0.1, -0.05) is 30.3 Å². The Morgan fingerprint density at radius 1 is 1.12 bits per heavy atom. The maximum atomic E-state index is 12.6. The Morgan fingerprint density at radius 3 is 2.72 bits per heavy atom. The maximum absolute atomic E-state index is 12.6. The lowest BCUT2D eigenvalue weighted by molar-refractivity contribution is 0.100. The molecule has 3 aromatic rings. The summed E-state index contributed by atoms with van der Waals surface area (Å²) in [6, 6.07) is 18.8. The first-order chi connectivity index (χ1) is 15.7. The average molecular weight is 422 g/mol. The summed E-state index contributed by atoms with van der Waals surface area (Å²) in [5, 5.41) is 9.05. The summed E-state index contributed by atoms with van der Waals surface area (Å²) in [5.74, 6) is 2.44. The summed E-state index contributed by atoms with van der Waals surface area (Å²) in [6.07, 6.45) is 8.42. The Bertz CT molecular complexity index is 1180. The van der Waals surface area contributed by atoms with Crippen LogP contribution in [0.2, 0.25) is 0 Å². The Kier molecular flexibility index (Phi) is 5.39. The zero-order chi connectivity index (χ0) is 21.9. The normalized spacial score (nSPS) is 21.6. The smallest absolute Gasteiger partial charge is 0.276 e. The van der Waals surface area contributed by atoms with Crippen LogP contribution < -0.4 is 4.74 Å². The highest BCUT2D eigenvalue weighted by Crippen LogP contribution is 2.44. The molecule has 6 heteroatoms. The predicted octanol–water partition coefficient (Wildman–Crippen LogP) is 4.80. The third-order valence-electron chi connectivity index (χ3n) is 6.34. The van der Waals surface area contributed by atoms with Crippen LogP contribution in [0.3, 0.4) is 0 Å². The van der Waals surface area contributed by atoms with Crippen molar-refractivity contribution in [2.75, 3.05) is 13.1 Å². The number of likely N-dealkylation sites (tertiary alicyclic amines) is 1. The van der Waals surface area contributed by atoms with E-state index in [9.17, 15) is 4.79 Å². The standard InChI is InChI=1S/C26H22N4O2/c27-17-30-15-21-12-20(24(21)16-30)13-29-26(31)19-8-6-18(7-9-19)23-10-11-28-14-25(23)32-22-4-2-1-3-5-22/h1-11,13-14,20-21,24H,12,15-16H2/b29-13-. The number of benzene rings is 2. The van der Waals surface area contributed by atoms with Crippen molar-refractivity contribution in [2.45, 2.75) is 6.42 Å². The van der Waals surface area contributed by atoms with Gasteiger partial charge in [0.2, 0.25) is 0 Å². The molecule has 2 aromatic carbocycles. The minimum Gasteiger partial charge on any atom is -0.455 e. The van der Waals surface area contributed by atoms with Gasteiger partial charge in [0.05, 0.1) is 6.20 Å². The van der Waals surface area contributed by atoms with Gasteiger partial charge in [-0.25, -0.2) is 4.99 Å². The van der Waals surface area contributed by atoms with Gasteiger partial charge in [-0.05, 0) is 60.1 Å². The quantitative estimate of drug-likeness (QED) is 0.436. The first-order valence-corrected chi connectivity index (χ1v) is 10.7. The molecule has 3 atom stereocenters. The summed E-state index contributed by atoms with van der Waals surface area (Å²) in [6.45, 7) is 1.62. The van der Waals surface area contributed by atoms with Crippen LogP contribution in [0.15, 0.2) is 78.0 Å². The average Bonchev–Trinajstić information content (AvgIpc) is 3.16. The second-order valence-electron chi connectivity index (χ2n) is 8.28. The van der Waals surface area contributed by atoms with Crippen LogP contribution in [0.25, 0.3) is 11.1 Å². The molecule has 1 saturated carbocycles. The van der Waals surface area contributed by atoms with Gasteiger partial charge in [0.25, 0.3) is 5.91 Å². The molecule has 0 bridgehead atoms. The van der Waals surface area contributed by atoms with E-state index in [0.717, 1.165) is 36.4 Å². The number of fused-ring (bicyclic) bond motifs is 1. The van der Waals surface area contributed by atoms with E-state index < -0.39 is 0 Å². The van der Waals surface area contributed by atoms with Crippen LogP contribution in [0, 0.1) is 29.2 Å². The number of nitrogens with zero attached hydrogens (tertiary/aromatic N) is 4. The van der Waals surface area contributed by atoms with Crippen molar-refractivity contribution in [2.24, 2.45) is 22.7 Å². The molecule has 32 heavy (non-hydrogen) atoms. The highest BCUT2D eigenvalue weighted by molar-refractivity contribution is 5.99. The van der Waals surface area contributed by atoms with Gasteiger partial charge in [0.15, 0.2) is 11.9 Å². The third-order valence-corrected chi connectivity index (χ3v) is 6.34. The molecule has 2 heterocycles. The molecule has 0 spiro atoms. The van der Waals surface area contributed by atoms with Crippen molar-refractivity contribution in [3.63, 3.8) is 0 Å². The monoisotopic (exact) mass is 422 g/mol. The lowest BCUT2D eigenvalue weighted by atomic mass is 9.67. The van der Waals surface area contributed by atoms with E-state index >= 15 is 0 Å². The van der Waals surface area contributed by atoms with Gasteiger partial charge < -0.3 is 9.64 Å². The molecule has 5 rings (SSSR count). The summed E-state index contributed by atoms with van der Waals surface area (Å²) < 4.78 is 6.00. The van der Waals surface area contributed by atoms with Crippen LogP contribution >= 0.6 is 0 Å². The van der Waals surface area contributed by atoms with Crippen molar-refractivity contribution >= 4 is 12.1 Å².